The summed E-state index contributed by atoms with van der Waals surface area (Å²) < 4.78 is 10.7. The first-order valence-corrected chi connectivity index (χ1v) is 7.95. The highest BCUT2D eigenvalue weighted by Crippen LogP contribution is 2.38. The molecular formula is C18H15Cl2NO3. The molecule has 0 aliphatic carbocycles. The number of nitrogens with zero attached hydrogens (tertiary/aromatic N) is 1. The molecule has 24 heavy (non-hydrogen) atoms. The number of pyridine rings is 1. The van der Waals surface area contributed by atoms with Crippen molar-refractivity contribution in [1.29, 1.82) is 0 Å². The molecule has 0 radical (unpaired) electrons. The van der Waals surface area contributed by atoms with E-state index in [9.17, 15) is 5.11 Å². The zero-order chi connectivity index (χ0) is 17.3. The molecule has 1 aromatic heterocycles. The third kappa shape index (κ3) is 3.00. The predicted octanol–water partition coefficient (Wildman–Crippen LogP) is 4.72. The van der Waals surface area contributed by atoms with Gasteiger partial charge in [-0.15, -0.1) is 0 Å². The van der Waals surface area contributed by atoms with E-state index in [0.717, 1.165) is 16.3 Å². The van der Waals surface area contributed by atoms with Crippen LogP contribution in [0.4, 0.5) is 0 Å². The highest BCUT2D eigenvalue weighted by atomic mass is 35.5. The molecule has 4 nitrogen and oxygen atoms in total. The summed E-state index contributed by atoms with van der Waals surface area (Å²) in [5, 5.41) is 12.2. The molecule has 0 aliphatic rings. The van der Waals surface area contributed by atoms with Crippen LogP contribution in [0.3, 0.4) is 0 Å². The number of benzene rings is 2. The fraction of sp³-hybridized carbons (Fsp3) is 0.167. The summed E-state index contributed by atoms with van der Waals surface area (Å²) in [6.07, 6.45) is 0. The number of fused-ring (bicyclic) bond motifs is 1. The van der Waals surface area contributed by atoms with Crippen molar-refractivity contribution in [2.45, 2.75) is 6.61 Å². The van der Waals surface area contributed by atoms with Gasteiger partial charge in [0.25, 0.3) is 0 Å². The second-order valence-electron chi connectivity index (χ2n) is 5.18. The summed E-state index contributed by atoms with van der Waals surface area (Å²) in [5.74, 6) is 1.21. The average molecular weight is 364 g/mol. The predicted molar refractivity (Wildman–Crippen MR) is 96.2 cm³/mol. The first-order valence-electron chi connectivity index (χ1n) is 7.19. The van der Waals surface area contributed by atoms with Crippen LogP contribution < -0.4 is 9.47 Å². The Balaban J connectivity index is 2.34. The summed E-state index contributed by atoms with van der Waals surface area (Å²) in [7, 11) is 3.16. The van der Waals surface area contributed by atoms with Crippen LogP contribution in [0.15, 0.2) is 36.4 Å². The molecule has 0 spiro atoms. The molecule has 0 bridgehead atoms. The van der Waals surface area contributed by atoms with Gasteiger partial charge in [-0.05, 0) is 35.7 Å². The molecule has 0 saturated heterocycles. The van der Waals surface area contributed by atoms with Crippen LogP contribution >= 0.6 is 23.2 Å². The number of methoxy groups -OCH3 is 2. The maximum Gasteiger partial charge on any atom is 0.161 e. The number of aliphatic hydroxyl groups excluding tert-OH is 1. The summed E-state index contributed by atoms with van der Waals surface area (Å²) in [4.78, 5) is 4.54. The van der Waals surface area contributed by atoms with Crippen LogP contribution in [-0.2, 0) is 6.61 Å². The fourth-order valence-corrected chi connectivity index (χ4v) is 2.88. The average Bonchev–Trinajstić information content (AvgIpc) is 2.61. The molecule has 2 aromatic carbocycles. The molecule has 0 aliphatic heterocycles. The van der Waals surface area contributed by atoms with Crippen molar-refractivity contribution in [3.05, 3.63) is 52.1 Å². The van der Waals surface area contributed by atoms with E-state index in [1.807, 2.05) is 24.3 Å². The van der Waals surface area contributed by atoms with Crippen molar-refractivity contribution in [2.75, 3.05) is 14.2 Å². The minimum absolute atomic E-state index is 0.168. The van der Waals surface area contributed by atoms with Crippen molar-refractivity contribution in [2.24, 2.45) is 0 Å². The standard InChI is InChI=1S/C18H15Cl2NO3/c1-23-16-7-11-5-12(9-22)21-18(13(11)8-17(16)24-2)10-3-4-14(19)15(20)6-10/h3-8,22H,9H2,1-2H3. The highest BCUT2D eigenvalue weighted by molar-refractivity contribution is 6.42. The lowest BCUT2D eigenvalue weighted by Gasteiger charge is -2.13. The number of aromatic nitrogens is 1. The Bertz CT molecular complexity index is 912. The Morgan fingerprint density at radius 3 is 2.29 bits per heavy atom. The quantitative estimate of drug-likeness (QED) is 0.728. The summed E-state index contributed by atoms with van der Waals surface area (Å²) in [6.45, 7) is -0.168. The smallest absolute Gasteiger partial charge is 0.161 e. The number of hydrogen-bond donors (Lipinski definition) is 1. The van der Waals surface area contributed by atoms with Gasteiger partial charge in [0.2, 0.25) is 0 Å². The summed E-state index contributed by atoms with van der Waals surface area (Å²) in [6, 6.07) is 10.9. The van der Waals surface area contributed by atoms with Gasteiger partial charge in [0.15, 0.2) is 11.5 Å². The molecule has 0 fully saturated rings. The minimum Gasteiger partial charge on any atom is -0.493 e. The molecule has 3 rings (SSSR count). The number of hydrogen-bond acceptors (Lipinski definition) is 4. The van der Waals surface area contributed by atoms with E-state index < -0.39 is 0 Å². The van der Waals surface area contributed by atoms with Gasteiger partial charge in [0.1, 0.15) is 0 Å². The van der Waals surface area contributed by atoms with Gasteiger partial charge in [0.05, 0.1) is 42.3 Å². The van der Waals surface area contributed by atoms with E-state index in [-0.39, 0.29) is 6.61 Å². The minimum atomic E-state index is -0.168. The van der Waals surface area contributed by atoms with Crippen LogP contribution in [0.5, 0.6) is 11.5 Å². The third-order valence-electron chi connectivity index (χ3n) is 3.74. The largest absolute Gasteiger partial charge is 0.493 e. The van der Waals surface area contributed by atoms with Crippen LogP contribution in [0.1, 0.15) is 5.69 Å². The molecule has 6 heteroatoms. The number of halogens is 2. The first-order chi connectivity index (χ1) is 11.6. The van der Waals surface area contributed by atoms with Gasteiger partial charge in [0, 0.05) is 10.9 Å². The van der Waals surface area contributed by atoms with Crippen molar-refractivity contribution >= 4 is 34.0 Å². The highest BCUT2D eigenvalue weighted by Gasteiger charge is 2.14. The van der Waals surface area contributed by atoms with Crippen LogP contribution in [0.2, 0.25) is 10.0 Å². The lowest BCUT2D eigenvalue weighted by atomic mass is 10.0. The van der Waals surface area contributed by atoms with Crippen LogP contribution in [0.25, 0.3) is 22.0 Å². The van der Waals surface area contributed by atoms with Crippen LogP contribution in [-0.4, -0.2) is 24.3 Å². The molecule has 3 aromatic rings. The lowest BCUT2D eigenvalue weighted by molar-refractivity contribution is 0.277. The number of aliphatic hydroxyl groups is 1. The maximum absolute atomic E-state index is 9.53. The molecular weight excluding hydrogens is 349 g/mol. The van der Waals surface area contributed by atoms with E-state index in [2.05, 4.69) is 4.98 Å². The molecule has 0 saturated carbocycles. The number of rotatable bonds is 4. The van der Waals surface area contributed by atoms with Crippen molar-refractivity contribution < 1.29 is 14.6 Å². The lowest BCUT2D eigenvalue weighted by Crippen LogP contribution is -1.96. The zero-order valence-corrected chi connectivity index (χ0v) is 14.6. The van der Waals surface area contributed by atoms with Crippen molar-refractivity contribution in [3.8, 4) is 22.8 Å². The number of ether oxygens (including phenoxy) is 2. The third-order valence-corrected chi connectivity index (χ3v) is 4.48. The van der Waals surface area contributed by atoms with Crippen molar-refractivity contribution in [1.82, 2.24) is 4.98 Å². The Morgan fingerprint density at radius 1 is 0.958 bits per heavy atom. The van der Waals surface area contributed by atoms with E-state index >= 15 is 0 Å². The zero-order valence-electron chi connectivity index (χ0n) is 13.1. The van der Waals surface area contributed by atoms with Crippen LogP contribution in [0, 0.1) is 0 Å². The molecule has 0 amide bonds. The van der Waals surface area contributed by atoms with Gasteiger partial charge < -0.3 is 14.6 Å². The summed E-state index contributed by atoms with van der Waals surface area (Å²) >= 11 is 12.1. The van der Waals surface area contributed by atoms with E-state index in [1.165, 1.54) is 0 Å². The fourth-order valence-electron chi connectivity index (χ4n) is 2.58. The van der Waals surface area contributed by atoms with E-state index in [1.54, 1.807) is 26.4 Å². The van der Waals surface area contributed by atoms with Gasteiger partial charge in [-0.1, -0.05) is 29.3 Å². The SMILES string of the molecule is COc1cc2cc(CO)nc(-c3ccc(Cl)c(Cl)c3)c2cc1OC. The molecule has 1 N–H and O–H groups in total. The Kier molecular flexibility index (Phi) is 4.81. The van der Waals surface area contributed by atoms with E-state index in [4.69, 9.17) is 32.7 Å². The molecule has 0 atom stereocenters. The van der Waals surface area contributed by atoms with Gasteiger partial charge >= 0.3 is 0 Å². The maximum atomic E-state index is 9.53. The second kappa shape index (κ2) is 6.85. The topological polar surface area (TPSA) is 51.6 Å². The second-order valence-corrected chi connectivity index (χ2v) is 5.99. The Labute approximate surface area is 149 Å². The Hall–Kier alpha value is -2.01. The monoisotopic (exact) mass is 363 g/mol. The molecule has 1 heterocycles. The van der Waals surface area contributed by atoms with Gasteiger partial charge in [-0.2, -0.15) is 0 Å². The normalized spacial score (nSPS) is 10.9. The Morgan fingerprint density at radius 2 is 1.67 bits per heavy atom. The van der Waals surface area contributed by atoms with Gasteiger partial charge in [-0.25, -0.2) is 4.98 Å². The molecule has 124 valence electrons. The molecule has 0 unspecified atom stereocenters. The van der Waals surface area contributed by atoms with Crippen molar-refractivity contribution in [3.63, 3.8) is 0 Å². The first kappa shape index (κ1) is 16.8. The van der Waals surface area contributed by atoms with E-state index in [0.29, 0.717) is 32.9 Å². The van der Waals surface area contributed by atoms with Gasteiger partial charge in [-0.3, -0.25) is 0 Å². The summed E-state index contributed by atoms with van der Waals surface area (Å²) in [5.41, 5.74) is 2.05.